The summed E-state index contributed by atoms with van der Waals surface area (Å²) in [5.41, 5.74) is 0.907. The number of halogens is 3. The number of benzene rings is 3. The fraction of sp³-hybridized carbons (Fsp3) is 0.115. The van der Waals surface area contributed by atoms with Crippen LogP contribution in [-0.2, 0) is 11.3 Å². The normalized spacial score (nSPS) is 14.4. The van der Waals surface area contributed by atoms with Gasteiger partial charge in [-0.3, -0.25) is 14.5 Å². The Morgan fingerprint density at radius 1 is 1.08 bits per heavy atom. The first-order valence-electron chi connectivity index (χ1n) is 10.7. The summed E-state index contributed by atoms with van der Waals surface area (Å²) in [6, 6.07) is 15.2. The number of hydrogen-bond acceptors (Lipinski definition) is 6. The molecule has 0 radical (unpaired) electrons. The third-order valence-electron chi connectivity index (χ3n) is 5.04. The number of thioether (sulfide) groups is 1. The molecule has 0 unspecified atom stereocenters. The van der Waals surface area contributed by atoms with Crippen LogP contribution in [-0.4, -0.2) is 28.6 Å². The van der Waals surface area contributed by atoms with Gasteiger partial charge in [-0.2, -0.15) is 0 Å². The van der Waals surface area contributed by atoms with E-state index in [-0.39, 0.29) is 45.7 Å². The monoisotopic (exact) mass is 545 g/mol. The van der Waals surface area contributed by atoms with Gasteiger partial charge in [-0.1, -0.05) is 47.5 Å². The Hall–Kier alpha value is -3.33. The highest BCUT2D eigenvalue weighted by atomic mass is 35.5. The van der Waals surface area contributed by atoms with Crippen LogP contribution >= 0.6 is 35.0 Å². The maximum Gasteiger partial charge on any atom is 0.343 e. The molecule has 1 aliphatic rings. The maximum absolute atomic E-state index is 14.0. The summed E-state index contributed by atoms with van der Waals surface area (Å²) in [7, 11) is 0. The molecule has 1 heterocycles. The number of imide groups is 1. The minimum Gasteiger partial charge on any atom is -0.490 e. The molecule has 0 atom stereocenters. The Balaban J connectivity index is 1.60. The summed E-state index contributed by atoms with van der Waals surface area (Å²) < 4.78 is 25.1. The summed E-state index contributed by atoms with van der Waals surface area (Å²) in [5.74, 6) is -1.55. The van der Waals surface area contributed by atoms with E-state index in [0.717, 1.165) is 16.7 Å². The van der Waals surface area contributed by atoms with E-state index in [1.807, 2.05) is 0 Å². The molecule has 0 saturated carbocycles. The summed E-state index contributed by atoms with van der Waals surface area (Å²) >= 11 is 13.1. The van der Waals surface area contributed by atoms with E-state index in [1.165, 1.54) is 36.4 Å². The van der Waals surface area contributed by atoms with Gasteiger partial charge in [0.05, 0.1) is 28.6 Å². The van der Waals surface area contributed by atoms with Crippen molar-refractivity contribution in [3.05, 3.63) is 98.1 Å². The second-order valence-corrected chi connectivity index (χ2v) is 9.36. The zero-order valence-corrected chi connectivity index (χ0v) is 21.1. The molecule has 1 saturated heterocycles. The van der Waals surface area contributed by atoms with Crippen LogP contribution < -0.4 is 9.47 Å². The van der Waals surface area contributed by atoms with Gasteiger partial charge in [-0.05, 0) is 66.7 Å². The predicted octanol–water partition coefficient (Wildman–Crippen LogP) is 6.99. The standard InChI is InChI=1S/C26H18Cl2FNO5S/c1-2-34-21-11-15(10-19(28)23(21)35-25(32)16-7-5-8-18(27)13-16)12-22-24(31)30(26(33)36-22)14-17-6-3-4-9-20(17)29/h3-13H,2,14H2,1H3/b22-12-. The van der Waals surface area contributed by atoms with Crippen molar-refractivity contribution < 1.29 is 28.2 Å². The average molecular weight is 546 g/mol. The first-order valence-corrected chi connectivity index (χ1v) is 12.3. The SMILES string of the molecule is CCOc1cc(/C=C2\SC(=O)N(Cc3ccccc3F)C2=O)cc(Cl)c1OC(=O)c1cccc(Cl)c1. The van der Waals surface area contributed by atoms with Gasteiger partial charge in [0.2, 0.25) is 0 Å². The number of amides is 2. The Morgan fingerprint density at radius 2 is 1.86 bits per heavy atom. The fourth-order valence-corrected chi connectivity index (χ4v) is 4.67. The zero-order chi connectivity index (χ0) is 25.8. The van der Waals surface area contributed by atoms with Crippen molar-refractivity contribution in [1.29, 1.82) is 0 Å². The Bertz CT molecular complexity index is 1390. The zero-order valence-electron chi connectivity index (χ0n) is 18.8. The number of rotatable bonds is 7. The van der Waals surface area contributed by atoms with Gasteiger partial charge in [0.15, 0.2) is 11.5 Å². The lowest BCUT2D eigenvalue weighted by Gasteiger charge is -2.14. The topological polar surface area (TPSA) is 72.9 Å². The van der Waals surface area contributed by atoms with E-state index in [9.17, 15) is 18.8 Å². The average Bonchev–Trinajstić information content (AvgIpc) is 3.10. The van der Waals surface area contributed by atoms with Crippen LogP contribution in [0.4, 0.5) is 9.18 Å². The Kier molecular flexibility index (Phi) is 7.98. The highest BCUT2D eigenvalue weighted by Gasteiger charge is 2.35. The molecule has 10 heteroatoms. The van der Waals surface area contributed by atoms with Gasteiger partial charge < -0.3 is 9.47 Å². The molecule has 3 aromatic carbocycles. The lowest BCUT2D eigenvalue weighted by atomic mass is 10.1. The van der Waals surface area contributed by atoms with Gasteiger partial charge in [-0.15, -0.1) is 0 Å². The van der Waals surface area contributed by atoms with Crippen LogP contribution in [0.5, 0.6) is 11.5 Å². The minimum absolute atomic E-state index is 0.00768. The first-order chi connectivity index (χ1) is 17.3. The van der Waals surface area contributed by atoms with Crippen molar-refractivity contribution in [2.24, 2.45) is 0 Å². The van der Waals surface area contributed by atoms with Gasteiger partial charge in [0, 0.05) is 10.6 Å². The molecule has 2 amide bonds. The van der Waals surface area contributed by atoms with Crippen LogP contribution in [0.1, 0.15) is 28.4 Å². The molecule has 0 N–H and O–H groups in total. The predicted molar refractivity (Wildman–Crippen MR) is 137 cm³/mol. The molecule has 36 heavy (non-hydrogen) atoms. The van der Waals surface area contributed by atoms with E-state index in [0.29, 0.717) is 10.6 Å². The number of ether oxygens (including phenoxy) is 2. The third-order valence-corrected chi connectivity index (χ3v) is 6.47. The molecule has 184 valence electrons. The second kappa shape index (κ2) is 11.2. The van der Waals surface area contributed by atoms with Gasteiger partial charge in [0.1, 0.15) is 5.82 Å². The van der Waals surface area contributed by atoms with E-state index >= 15 is 0 Å². The second-order valence-electron chi connectivity index (χ2n) is 7.52. The van der Waals surface area contributed by atoms with E-state index < -0.39 is 22.9 Å². The molecule has 0 aliphatic carbocycles. The van der Waals surface area contributed by atoms with Crippen LogP contribution in [0, 0.1) is 5.82 Å². The van der Waals surface area contributed by atoms with Gasteiger partial charge in [0.25, 0.3) is 11.1 Å². The van der Waals surface area contributed by atoms with Crippen molar-refractivity contribution in [3.63, 3.8) is 0 Å². The van der Waals surface area contributed by atoms with Crippen LogP contribution in [0.15, 0.2) is 65.6 Å². The van der Waals surface area contributed by atoms with Crippen molar-refractivity contribution >= 4 is 58.2 Å². The smallest absolute Gasteiger partial charge is 0.343 e. The maximum atomic E-state index is 14.0. The van der Waals surface area contributed by atoms with Gasteiger partial charge >= 0.3 is 5.97 Å². The number of hydrogen-bond donors (Lipinski definition) is 0. The molecule has 0 spiro atoms. The molecule has 1 aliphatic heterocycles. The third kappa shape index (κ3) is 5.73. The number of carbonyl (C=O) groups is 3. The number of esters is 1. The molecule has 0 bridgehead atoms. The Labute approximate surface area is 220 Å². The minimum atomic E-state index is -0.678. The molecule has 0 aromatic heterocycles. The highest BCUT2D eigenvalue weighted by molar-refractivity contribution is 8.18. The van der Waals surface area contributed by atoms with Crippen molar-refractivity contribution in [2.75, 3.05) is 6.61 Å². The van der Waals surface area contributed by atoms with Crippen LogP contribution in [0.25, 0.3) is 6.08 Å². The molecule has 4 rings (SSSR count). The number of carbonyl (C=O) groups excluding carboxylic acids is 3. The summed E-state index contributed by atoms with van der Waals surface area (Å²) in [4.78, 5) is 39.0. The van der Waals surface area contributed by atoms with Crippen molar-refractivity contribution in [3.8, 4) is 11.5 Å². The Morgan fingerprint density at radius 3 is 2.58 bits per heavy atom. The molecular formula is C26H18Cl2FNO5S. The molecule has 3 aromatic rings. The summed E-state index contributed by atoms with van der Waals surface area (Å²) in [5, 5.41) is -0.0780. The lowest BCUT2D eigenvalue weighted by molar-refractivity contribution is -0.123. The van der Waals surface area contributed by atoms with Crippen LogP contribution in [0.2, 0.25) is 10.0 Å². The quantitative estimate of drug-likeness (QED) is 0.181. The van der Waals surface area contributed by atoms with Gasteiger partial charge in [-0.25, -0.2) is 9.18 Å². The van der Waals surface area contributed by atoms with Crippen molar-refractivity contribution in [1.82, 2.24) is 4.90 Å². The largest absolute Gasteiger partial charge is 0.490 e. The highest BCUT2D eigenvalue weighted by Crippen LogP contribution is 2.40. The van der Waals surface area contributed by atoms with E-state index in [2.05, 4.69) is 0 Å². The summed E-state index contributed by atoms with van der Waals surface area (Å²) in [6.45, 7) is 1.82. The first kappa shape index (κ1) is 25.8. The van der Waals surface area contributed by atoms with Crippen LogP contribution in [0.3, 0.4) is 0 Å². The summed E-state index contributed by atoms with van der Waals surface area (Å²) in [6.07, 6.45) is 1.48. The molecular weight excluding hydrogens is 528 g/mol. The lowest BCUT2D eigenvalue weighted by Crippen LogP contribution is -2.27. The van der Waals surface area contributed by atoms with E-state index in [4.69, 9.17) is 32.7 Å². The fourth-order valence-electron chi connectivity index (χ4n) is 3.38. The molecule has 6 nitrogen and oxygen atoms in total. The number of nitrogens with zero attached hydrogens (tertiary/aromatic N) is 1. The molecule has 1 fully saturated rings. The van der Waals surface area contributed by atoms with Crippen molar-refractivity contribution in [2.45, 2.75) is 13.5 Å². The van der Waals surface area contributed by atoms with E-state index in [1.54, 1.807) is 37.3 Å².